The molecule has 1 saturated heterocycles. The number of hydrogen-bond acceptors (Lipinski definition) is 2. The van der Waals surface area contributed by atoms with E-state index in [1.165, 1.54) is 4.90 Å². The molecule has 1 fully saturated rings. The maximum atomic E-state index is 12.0. The zero-order valence-corrected chi connectivity index (χ0v) is 10.9. The lowest BCUT2D eigenvalue weighted by Gasteiger charge is -2.31. The first-order valence-electron chi connectivity index (χ1n) is 6.31. The third-order valence-corrected chi connectivity index (χ3v) is 3.32. The summed E-state index contributed by atoms with van der Waals surface area (Å²) in [7, 11) is 3.38. The number of rotatable bonds is 4. The molecule has 0 aromatic carbocycles. The fraction of sp³-hybridized carbons (Fsp3) is 0.917. The van der Waals surface area contributed by atoms with Gasteiger partial charge in [-0.15, -0.1) is 0 Å². The average molecular weight is 266 g/mol. The highest BCUT2D eigenvalue weighted by molar-refractivity contribution is 5.81. The van der Waals surface area contributed by atoms with Crippen LogP contribution in [0.2, 0.25) is 0 Å². The number of halogens is 3. The van der Waals surface area contributed by atoms with Crippen molar-refractivity contribution in [1.82, 2.24) is 10.2 Å². The van der Waals surface area contributed by atoms with Crippen molar-refractivity contribution >= 4 is 5.91 Å². The largest absolute Gasteiger partial charge is 0.389 e. The Bertz CT molecular complexity index is 279. The van der Waals surface area contributed by atoms with E-state index in [0.29, 0.717) is 19.4 Å². The molecule has 0 aliphatic carbocycles. The maximum absolute atomic E-state index is 12.0. The molecule has 0 saturated carbocycles. The third kappa shape index (κ3) is 5.25. The normalized spacial score (nSPS) is 24.9. The second kappa shape index (κ2) is 6.41. The summed E-state index contributed by atoms with van der Waals surface area (Å²) >= 11 is 0. The minimum Gasteiger partial charge on any atom is -0.347 e. The van der Waals surface area contributed by atoms with Gasteiger partial charge in [0.05, 0.1) is 6.04 Å². The SMILES string of the molecule is CN(C)C(=O)C1CC(CCCC(F)(F)F)CCN1. The van der Waals surface area contributed by atoms with Crippen LogP contribution in [-0.2, 0) is 4.79 Å². The molecule has 1 heterocycles. The van der Waals surface area contributed by atoms with Crippen LogP contribution in [0.4, 0.5) is 13.2 Å². The highest BCUT2D eigenvalue weighted by atomic mass is 19.4. The van der Waals surface area contributed by atoms with Crippen molar-refractivity contribution in [1.29, 1.82) is 0 Å². The first kappa shape index (κ1) is 15.3. The molecule has 1 rings (SSSR count). The lowest BCUT2D eigenvalue weighted by Crippen LogP contribution is -2.48. The van der Waals surface area contributed by atoms with Crippen LogP contribution < -0.4 is 5.32 Å². The minimum atomic E-state index is -4.06. The summed E-state index contributed by atoms with van der Waals surface area (Å²) in [5, 5.41) is 3.12. The zero-order chi connectivity index (χ0) is 13.8. The van der Waals surface area contributed by atoms with E-state index < -0.39 is 12.6 Å². The highest BCUT2D eigenvalue weighted by Gasteiger charge is 2.30. The van der Waals surface area contributed by atoms with Crippen molar-refractivity contribution in [2.45, 2.75) is 44.3 Å². The molecule has 1 N–H and O–H groups in total. The van der Waals surface area contributed by atoms with Crippen LogP contribution in [0.15, 0.2) is 0 Å². The number of carbonyl (C=O) groups is 1. The average Bonchev–Trinajstić information content (AvgIpc) is 2.26. The molecule has 0 aromatic rings. The Balaban J connectivity index is 2.33. The highest BCUT2D eigenvalue weighted by Crippen LogP contribution is 2.27. The number of amides is 1. The van der Waals surface area contributed by atoms with E-state index in [0.717, 1.165) is 6.42 Å². The lowest BCUT2D eigenvalue weighted by atomic mass is 9.88. The van der Waals surface area contributed by atoms with E-state index >= 15 is 0 Å². The summed E-state index contributed by atoms with van der Waals surface area (Å²) in [4.78, 5) is 13.3. The number of carbonyl (C=O) groups excluding carboxylic acids is 1. The second-order valence-electron chi connectivity index (χ2n) is 5.14. The van der Waals surface area contributed by atoms with Gasteiger partial charge in [0.25, 0.3) is 0 Å². The van der Waals surface area contributed by atoms with Gasteiger partial charge in [0, 0.05) is 20.5 Å². The van der Waals surface area contributed by atoms with Crippen LogP contribution in [0.25, 0.3) is 0 Å². The van der Waals surface area contributed by atoms with Gasteiger partial charge in [-0.1, -0.05) is 6.42 Å². The summed E-state index contributed by atoms with van der Waals surface area (Å²) in [6.07, 6.45) is -2.56. The molecule has 6 heteroatoms. The second-order valence-corrected chi connectivity index (χ2v) is 5.14. The van der Waals surface area contributed by atoms with Crippen LogP contribution in [-0.4, -0.2) is 43.7 Å². The van der Waals surface area contributed by atoms with Crippen LogP contribution in [0.3, 0.4) is 0 Å². The van der Waals surface area contributed by atoms with Gasteiger partial charge in [0.15, 0.2) is 0 Å². The van der Waals surface area contributed by atoms with E-state index in [9.17, 15) is 18.0 Å². The molecule has 1 aliphatic rings. The minimum absolute atomic E-state index is 0.00974. The molecule has 106 valence electrons. The Morgan fingerprint density at radius 2 is 2.06 bits per heavy atom. The number of likely N-dealkylation sites (N-methyl/N-ethyl adjacent to an activating group) is 1. The molecule has 2 unspecified atom stereocenters. The molecule has 2 atom stereocenters. The maximum Gasteiger partial charge on any atom is 0.389 e. The topological polar surface area (TPSA) is 32.3 Å². The van der Waals surface area contributed by atoms with Gasteiger partial charge in [-0.25, -0.2) is 0 Å². The van der Waals surface area contributed by atoms with Gasteiger partial charge in [-0.2, -0.15) is 13.2 Å². The van der Waals surface area contributed by atoms with Gasteiger partial charge in [-0.05, 0) is 31.7 Å². The van der Waals surface area contributed by atoms with Crippen molar-refractivity contribution < 1.29 is 18.0 Å². The third-order valence-electron chi connectivity index (χ3n) is 3.32. The molecule has 0 bridgehead atoms. The van der Waals surface area contributed by atoms with Crippen LogP contribution in [0.5, 0.6) is 0 Å². The van der Waals surface area contributed by atoms with Gasteiger partial charge in [0.2, 0.25) is 5.91 Å². The number of alkyl halides is 3. The molecule has 0 aromatic heterocycles. The molecular formula is C12H21F3N2O. The lowest BCUT2D eigenvalue weighted by molar-refractivity contribution is -0.137. The fourth-order valence-electron chi connectivity index (χ4n) is 2.35. The van der Waals surface area contributed by atoms with Crippen molar-refractivity contribution in [3.05, 3.63) is 0 Å². The van der Waals surface area contributed by atoms with E-state index in [4.69, 9.17) is 0 Å². The molecule has 1 amide bonds. The monoisotopic (exact) mass is 266 g/mol. The van der Waals surface area contributed by atoms with Crippen LogP contribution in [0.1, 0.15) is 32.1 Å². The van der Waals surface area contributed by atoms with E-state index in [1.54, 1.807) is 14.1 Å². The van der Waals surface area contributed by atoms with Gasteiger partial charge < -0.3 is 10.2 Å². The molecule has 0 spiro atoms. The summed E-state index contributed by atoms with van der Waals surface area (Å²) in [5.74, 6) is 0.234. The predicted octanol–water partition coefficient (Wildman–Crippen LogP) is 2.18. The Morgan fingerprint density at radius 3 is 2.61 bits per heavy atom. The van der Waals surface area contributed by atoms with Crippen molar-refractivity contribution in [3.63, 3.8) is 0 Å². The fourth-order valence-corrected chi connectivity index (χ4v) is 2.35. The Kier molecular flexibility index (Phi) is 5.44. The predicted molar refractivity (Wildman–Crippen MR) is 63.1 cm³/mol. The molecule has 1 aliphatic heterocycles. The quantitative estimate of drug-likeness (QED) is 0.846. The van der Waals surface area contributed by atoms with Crippen molar-refractivity contribution in [2.75, 3.05) is 20.6 Å². The number of nitrogens with one attached hydrogen (secondary N) is 1. The smallest absolute Gasteiger partial charge is 0.347 e. The molecule has 3 nitrogen and oxygen atoms in total. The summed E-state index contributed by atoms with van der Waals surface area (Å²) < 4.78 is 36.1. The van der Waals surface area contributed by atoms with Gasteiger partial charge in [0.1, 0.15) is 0 Å². The molecular weight excluding hydrogens is 245 g/mol. The van der Waals surface area contributed by atoms with Crippen LogP contribution >= 0.6 is 0 Å². The number of hydrogen-bond donors (Lipinski definition) is 1. The Labute approximate surface area is 106 Å². The summed E-state index contributed by atoms with van der Waals surface area (Å²) in [6.45, 7) is 0.709. The summed E-state index contributed by atoms with van der Waals surface area (Å²) in [5.41, 5.74) is 0. The zero-order valence-electron chi connectivity index (χ0n) is 10.9. The molecule has 0 radical (unpaired) electrons. The Morgan fingerprint density at radius 1 is 1.39 bits per heavy atom. The Hall–Kier alpha value is -0.780. The van der Waals surface area contributed by atoms with Crippen molar-refractivity contribution in [3.8, 4) is 0 Å². The van der Waals surface area contributed by atoms with Crippen LogP contribution in [0, 0.1) is 5.92 Å². The summed E-state index contributed by atoms with van der Waals surface area (Å²) in [6, 6.07) is -0.232. The van der Waals surface area contributed by atoms with Crippen molar-refractivity contribution in [2.24, 2.45) is 5.92 Å². The standard InChI is InChI=1S/C12H21F3N2O/c1-17(2)11(18)10-8-9(5-7-16-10)4-3-6-12(13,14)15/h9-10,16H,3-8H2,1-2H3. The number of piperidine rings is 1. The van der Waals surface area contributed by atoms with E-state index in [-0.39, 0.29) is 24.3 Å². The van der Waals surface area contributed by atoms with Gasteiger partial charge in [-0.3, -0.25) is 4.79 Å². The van der Waals surface area contributed by atoms with Gasteiger partial charge >= 0.3 is 6.18 Å². The number of nitrogens with zero attached hydrogens (tertiary/aromatic N) is 1. The first-order valence-corrected chi connectivity index (χ1v) is 6.31. The van der Waals surface area contributed by atoms with E-state index in [1.807, 2.05) is 0 Å². The first-order chi connectivity index (χ1) is 8.29. The van der Waals surface area contributed by atoms with E-state index in [2.05, 4.69) is 5.32 Å². The molecule has 18 heavy (non-hydrogen) atoms.